The Hall–Kier alpha value is -4.32. The molecule has 2 heterocycles. The first-order valence-corrected chi connectivity index (χ1v) is 20.4. The third kappa shape index (κ3) is 9.82. The lowest BCUT2D eigenvalue weighted by Crippen LogP contribution is -2.57. The van der Waals surface area contributed by atoms with Crippen molar-refractivity contribution >= 4 is 47.4 Å². The van der Waals surface area contributed by atoms with Crippen LogP contribution in [0.25, 0.3) is 10.9 Å². The van der Waals surface area contributed by atoms with Crippen molar-refractivity contribution in [2.24, 2.45) is 23.5 Å². The van der Waals surface area contributed by atoms with E-state index in [1.165, 1.54) is 23.8 Å². The van der Waals surface area contributed by atoms with E-state index in [9.17, 15) is 33.4 Å². The van der Waals surface area contributed by atoms with Gasteiger partial charge in [-0.1, -0.05) is 52.0 Å². The summed E-state index contributed by atoms with van der Waals surface area (Å²) in [6.45, 7) is 11.7. The lowest BCUT2D eigenvalue weighted by molar-refractivity contribution is -0.142. The Labute approximate surface area is 310 Å². The third-order valence-corrected chi connectivity index (χ3v) is 11.3. The number of hydrogen-bond donors (Lipinski definition) is 5. The summed E-state index contributed by atoms with van der Waals surface area (Å²) in [6, 6.07) is 11.9. The topological polar surface area (TPSA) is 201 Å². The van der Waals surface area contributed by atoms with Crippen LogP contribution in [0.5, 0.6) is 0 Å². The van der Waals surface area contributed by atoms with Crippen LogP contribution in [-0.2, 0) is 30.3 Å². The second-order valence-corrected chi connectivity index (χ2v) is 17.6. The third-order valence-electron chi connectivity index (χ3n) is 10.3. The molecule has 0 bridgehead atoms. The van der Waals surface area contributed by atoms with E-state index in [2.05, 4.69) is 41.6 Å². The van der Waals surface area contributed by atoms with Crippen molar-refractivity contribution in [1.29, 1.82) is 0 Å². The average molecular weight is 750 g/mol. The molecule has 2 fully saturated rings. The van der Waals surface area contributed by atoms with Crippen LogP contribution in [0.3, 0.4) is 0 Å². The number of aromatic nitrogens is 1. The highest BCUT2D eigenvalue weighted by Gasteiger charge is 2.57. The number of ether oxygens (including phenoxy) is 1. The molecule has 286 valence electrons. The van der Waals surface area contributed by atoms with Gasteiger partial charge in [-0.15, -0.1) is 0 Å². The summed E-state index contributed by atoms with van der Waals surface area (Å²) in [7, 11) is -4.00. The van der Waals surface area contributed by atoms with Crippen LogP contribution in [0.1, 0.15) is 98.2 Å². The first-order chi connectivity index (χ1) is 24.9. The number of carbonyl (C=O) groups is 5. The average Bonchev–Trinajstić information content (AvgIpc) is 3.54. The fourth-order valence-electron chi connectivity index (χ4n) is 7.12. The number of fused-ring (bicyclic) bond motifs is 2. The SMILES string of the molecule is CC(C)C[C@H](NC(=O)c1cc2cc(C(=O)P(C)(=O)O)ccc2[nH]1)C(=O)N1C[C@H]2C[C@H]2[C@H]1C(=O)N[C@@H](CCC(N)=O)[C@@H](C)OCc1ccc(C(C)C)cc1. The standard InChI is InChI=1S/C39H52N5O8P/c1-21(2)15-33(43-36(46)32-18-27-16-26(11-12-31(27)41-32)39(49)53(6,50)51)38(48)44-19-28-17-29(28)35(44)37(47)42-30(13-14-34(40)45)23(5)52-20-24-7-9-25(10-8-24)22(3)4/h7-12,16,18,21-23,28-30,33,35,41H,13-15,17,19-20H2,1-6H3,(H2,40,45)(H,42,47)(H,43,46)(H,50,51)/t23-,28-,29-,30+,33+,35+/m1/s1. The second kappa shape index (κ2) is 16.4. The van der Waals surface area contributed by atoms with Gasteiger partial charge < -0.3 is 35.9 Å². The zero-order valence-electron chi connectivity index (χ0n) is 31.3. The number of nitrogens with one attached hydrogen (secondary N) is 3. The molecule has 2 aliphatic rings. The van der Waals surface area contributed by atoms with E-state index in [1.807, 2.05) is 32.9 Å². The Morgan fingerprint density at radius 3 is 2.34 bits per heavy atom. The number of rotatable bonds is 17. The van der Waals surface area contributed by atoms with Crippen LogP contribution in [-0.4, -0.2) is 81.4 Å². The van der Waals surface area contributed by atoms with Gasteiger partial charge in [-0.2, -0.15) is 0 Å². The second-order valence-electron chi connectivity index (χ2n) is 15.5. The number of aromatic amines is 1. The summed E-state index contributed by atoms with van der Waals surface area (Å²) >= 11 is 0. The van der Waals surface area contributed by atoms with E-state index < -0.39 is 48.9 Å². The van der Waals surface area contributed by atoms with Crippen LogP contribution >= 0.6 is 7.37 Å². The minimum Gasteiger partial charge on any atom is -0.372 e. The molecule has 13 nitrogen and oxygen atoms in total. The summed E-state index contributed by atoms with van der Waals surface area (Å²) in [4.78, 5) is 80.2. The molecule has 1 aliphatic carbocycles. The zero-order chi connectivity index (χ0) is 38.8. The van der Waals surface area contributed by atoms with Crippen LogP contribution in [0.4, 0.5) is 0 Å². The van der Waals surface area contributed by atoms with Gasteiger partial charge in [0.1, 0.15) is 17.8 Å². The molecular formula is C39H52N5O8P. The van der Waals surface area contributed by atoms with E-state index in [0.29, 0.717) is 36.4 Å². The first-order valence-electron chi connectivity index (χ1n) is 18.3. The molecule has 1 aliphatic heterocycles. The number of likely N-dealkylation sites (tertiary alicyclic amines) is 1. The van der Waals surface area contributed by atoms with Crippen molar-refractivity contribution in [3.8, 4) is 0 Å². The molecule has 1 saturated carbocycles. The Bertz CT molecular complexity index is 1900. The lowest BCUT2D eigenvalue weighted by Gasteiger charge is -2.33. The molecule has 53 heavy (non-hydrogen) atoms. The number of carbonyl (C=O) groups excluding carboxylic acids is 5. The van der Waals surface area contributed by atoms with Gasteiger partial charge in [0, 0.05) is 36.1 Å². The number of amides is 4. The van der Waals surface area contributed by atoms with Gasteiger partial charge in [-0.25, -0.2) is 0 Å². The fourth-order valence-corrected chi connectivity index (χ4v) is 7.74. The summed E-state index contributed by atoms with van der Waals surface area (Å²) < 4.78 is 18.1. The largest absolute Gasteiger partial charge is 0.372 e. The number of nitrogens with two attached hydrogens (primary N) is 1. The number of primary amides is 1. The van der Waals surface area contributed by atoms with Gasteiger partial charge in [0.2, 0.25) is 23.2 Å². The molecule has 6 N–H and O–H groups in total. The van der Waals surface area contributed by atoms with Gasteiger partial charge in [0.05, 0.1) is 18.8 Å². The van der Waals surface area contributed by atoms with Crippen molar-refractivity contribution < 1.29 is 38.2 Å². The number of benzene rings is 2. The molecule has 7 atom stereocenters. The van der Waals surface area contributed by atoms with Crippen molar-refractivity contribution in [3.05, 3.63) is 70.9 Å². The normalized spacial score (nSPS) is 20.8. The Kier molecular flexibility index (Phi) is 12.3. The van der Waals surface area contributed by atoms with Crippen molar-refractivity contribution in [2.45, 2.75) is 97.1 Å². The minimum absolute atomic E-state index is 0.00945. The molecule has 0 spiro atoms. The molecule has 5 rings (SSSR count). The molecule has 4 amide bonds. The molecule has 1 aromatic heterocycles. The summed E-state index contributed by atoms with van der Waals surface area (Å²) in [5, 5.41) is 6.45. The molecule has 14 heteroatoms. The van der Waals surface area contributed by atoms with E-state index in [-0.39, 0.29) is 53.7 Å². The molecule has 3 aromatic rings. The smallest absolute Gasteiger partial charge is 0.268 e. The number of hydrogen-bond acceptors (Lipinski definition) is 7. The van der Waals surface area contributed by atoms with Crippen molar-refractivity contribution in [3.63, 3.8) is 0 Å². The maximum atomic E-state index is 14.2. The van der Waals surface area contributed by atoms with E-state index >= 15 is 0 Å². The fraction of sp³-hybridized carbons (Fsp3) is 0.513. The maximum absolute atomic E-state index is 14.2. The van der Waals surface area contributed by atoms with Crippen molar-refractivity contribution in [2.75, 3.05) is 13.2 Å². The van der Waals surface area contributed by atoms with Crippen LogP contribution < -0.4 is 16.4 Å². The molecular weight excluding hydrogens is 697 g/mol. The monoisotopic (exact) mass is 749 g/mol. The number of H-pyrrole nitrogens is 1. The zero-order valence-corrected chi connectivity index (χ0v) is 32.2. The van der Waals surface area contributed by atoms with Crippen molar-refractivity contribution in [1.82, 2.24) is 20.5 Å². The quantitative estimate of drug-likeness (QED) is 0.123. The van der Waals surface area contributed by atoms with E-state index in [4.69, 9.17) is 10.5 Å². The molecule has 1 unspecified atom stereocenters. The number of piperidine rings is 1. The first kappa shape index (κ1) is 39.9. The summed E-state index contributed by atoms with van der Waals surface area (Å²) in [5.74, 6) is -1.11. The van der Waals surface area contributed by atoms with Crippen LogP contribution in [0.2, 0.25) is 0 Å². The molecule has 1 saturated heterocycles. The van der Waals surface area contributed by atoms with Gasteiger partial charge >= 0.3 is 0 Å². The summed E-state index contributed by atoms with van der Waals surface area (Å²) in [6.07, 6.45) is 1.01. The Morgan fingerprint density at radius 2 is 1.72 bits per heavy atom. The highest BCUT2D eigenvalue weighted by atomic mass is 31.2. The lowest BCUT2D eigenvalue weighted by atomic mass is 10.0. The van der Waals surface area contributed by atoms with E-state index in [0.717, 1.165) is 18.6 Å². The van der Waals surface area contributed by atoms with Gasteiger partial charge in [0.25, 0.3) is 13.3 Å². The Balaban J connectivity index is 1.29. The highest BCUT2D eigenvalue weighted by Crippen LogP contribution is 2.50. The highest BCUT2D eigenvalue weighted by molar-refractivity contribution is 7.75. The Morgan fingerprint density at radius 1 is 1.02 bits per heavy atom. The van der Waals surface area contributed by atoms with Crippen LogP contribution in [0.15, 0.2) is 48.5 Å². The van der Waals surface area contributed by atoms with Gasteiger partial charge in [-0.05, 0) is 85.3 Å². The minimum atomic E-state index is -4.00. The van der Waals surface area contributed by atoms with Crippen LogP contribution in [0, 0.1) is 17.8 Å². The number of nitrogens with zero attached hydrogens (tertiary/aromatic N) is 1. The van der Waals surface area contributed by atoms with Gasteiger partial charge in [0.15, 0.2) is 0 Å². The predicted molar refractivity (Wildman–Crippen MR) is 201 cm³/mol. The van der Waals surface area contributed by atoms with E-state index in [1.54, 1.807) is 11.0 Å². The van der Waals surface area contributed by atoms with Gasteiger partial charge in [-0.3, -0.25) is 28.5 Å². The predicted octanol–water partition coefficient (Wildman–Crippen LogP) is 4.68. The molecule has 0 radical (unpaired) electrons. The maximum Gasteiger partial charge on any atom is 0.268 e. The molecule has 2 aromatic carbocycles. The summed E-state index contributed by atoms with van der Waals surface area (Å²) in [5.41, 5.74) is 7.54.